The smallest absolute Gasteiger partial charge is 0.305 e. The largest absolute Gasteiger partial charge is 0.466 e. The molecule has 410 valence electrons. The van der Waals surface area contributed by atoms with Crippen molar-refractivity contribution in [3.05, 3.63) is 12.2 Å². The van der Waals surface area contributed by atoms with E-state index in [9.17, 15) is 19.8 Å². The summed E-state index contributed by atoms with van der Waals surface area (Å²) in [6.45, 7) is 4.96. The summed E-state index contributed by atoms with van der Waals surface area (Å²) in [5.41, 5.74) is 0. The van der Waals surface area contributed by atoms with Gasteiger partial charge in [0.15, 0.2) is 0 Å². The molecular formula is C63H123NO5. The number of carbonyl (C=O) groups excluding carboxylic acids is 2. The first-order valence-electron chi connectivity index (χ1n) is 31.4. The maximum Gasteiger partial charge on any atom is 0.305 e. The predicted octanol–water partition coefficient (Wildman–Crippen LogP) is 19.6. The van der Waals surface area contributed by atoms with Crippen LogP contribution in [-0.2, 0) is 14.3 Å². The van der Waals surface area contributed by atoms with Crippen molar-refractivity contribution >= 4 is 11.9 Å². The quantitative estimate of drug-likeness (QED) is 0.0321. The van der Waals surface area contributed by atoms with Crippen LogP contribution in [0.1, 0.15) is 354 Å². The normalized spacial score (nSPS) is 12.6. The minimum absolute atomic E-state index is 0.00924. The van der Waals surface area contributed by atoms with Gasteiger partial charge in [0.05, 0.1) is 25.4 Å². The summed E-state index contributed by atoms with van der Waals surface area (Å²) >= 11 is 0. The molecule has 0 saturated carbocycles. The van der Waals surface area contributed by atoms with Gasteiger partial charge in [-0.1, -0.05) is 302 Å². The highest BCUT2D eigenvalue weighted by atomic mass is 16.5. The van der Waals surface area contributed by atoms with E-state index in [4.69, 9.17) is 4.74 Å². The topological polar surface area (TPSA) is 95.9 Å². The van der Waals surface area contributed by atoms with E-state index in [2.05, 4.69) is 31.3 Å². The fraction of sp³-hybridized carbons (Fsp3) is 0.937. The molecule has 0 saturated heterocycles. The molecule has 2 unspecified atom stereocenters. The summed E-state index contributed by atoms with van der Waals surface area (Å²) in [4.78, 5) is 24.5. The molecule has 1 amide bonds. The Balaban J connectivity index is 3.33. The lowest BCUT2D eigenvalue weighted by atomic mass is 10.0. The summed E-state index contributed by atoms with van der Waals surface area (Å²) in [6, 6.07) is -0.538. The maximum absolute atomic E-state index is 12.5. The van der Waals surface area contributed by atoms with Crippen molar-refractivity contribution in [1.82, 2.24) is 5.32 Å². The van der Waals surface area contributed by atoms with Gasteiger partial charge in [0.1, 0.15) is 0 Å². The van der Waals surface area contributed by atoms with Crippen LogP contribution in [0.15, 0.2) is 12.2 Å². The van der Waals surface area contributed by atoms with Gasteiger partial charge in [0.2, 0.25) is 5.91 Å². The first-order chi connectivity index (χ1) is 34.0. The molecule has 0 spiro atoms. The molecule has 0 aliphatic carbocycles. The molecule has 0 aliphatic rings. The zero-order chi connectivity index (χ0) is 50.0. The molecule has 0 heterocycles. The minimum Gasteiger partial charge on any atom is -0.466 e. The molecule has 3 N–H and O–H groups in total. The first-order valence-corrected chi connectivity index (χ1v) is 31.4. The number of amides is 1. The van der Waals surface area contributed by atoms with Crippen molar-refractivity contribution in [2.24, 2.45) is 0 Å². The monoisotopic (exact) mass is 974 g/mol. The number of ether oxygens (including phenoxy) is 1. The molecule has 0 aliphatic heterocycles. The highest BCUT2D eigenvalue weighted by Crippen LogP contribution is 2.18. The van der Waals surface area contributed by atoms with Crippen LogP contribution in [0.4, 0.5) is 0 Å². The van der Waals surface area contributed by atoms with Crippen molar-refractivity contribution in [3.63, 3.8) is 0 Å². The highest BCUT2D eigenvalue weighted by Gasteiger charge is 2.20. The van der Waals surface area contributed by atoms with Gasteiger partial charge in [-0.15, -0.1) is 0 Å². The number of carbonyl (C=O) groups is 2. The van der Waals surface area contributed by atoms with Crippen molar-refractivity contribution in [2.75, 3.05) is 13.2 Å². The van der Waals surface area contributed by atoms with Gasteiger partial charge in [-0.3, -0.25) is 9.59 Å². The second-order valence-corrected chi connectivity index (χ2v) is 21.7. The van der Waals surface area contributed by atoms with Crippen molar-refractivity contribution in [2.45, 2.75) is 366 Å². The molecule has 0 aromatic rings. The van der Waals surface area contributed by atoms with E-state index >= 15 is 0 Å². The number of rotatable bonds is 59. The summed E-state index contributed by atoms with van der Waals surface area (Å²) in [7, 11) is 0. The third-order valence-electron chi connectivity index (χ3n) is 14.8. The molecular weight excluding hydrogens is 851 g/mol. The number of nitrogens with one attached hydrogen (secondary N) is 1. The Bertz CT molecular complexity index is 1030. The SMILES string of the molecule is CCCCCCC/C=C\CCCCCCCC(=O)OCCCCCCCCCCCCCCCCCCCCCCCCCCCCC(=O)NC(CO)C(O)CCCCCCCCCCCCCC. The van der Waals surface area contributed by atoms with E-state index in [1.165, 1.54) is 276 Å². The molecule has 0 rings (SSSR count). The Kier molecular flexibility index (Phi) is 58.0. The van der Waals surface area contributed by atoms with E-state index < -0.39 is 12.1 Å². The van der Waals surface area contributed by atoms with Crippen LogP contribution in [0.3, 0.4) is 0 Å². The van der Waals surface area contributed by atoms with Gasteiger partial charge < -0.3 is 20.3 Å². The number of hydrogen-bond donors (Lipinski definition) is 3. The lowest BCUT2D eigenvalue weighted by Crippen LogP contribution is -2.45. The van der Waals surface area contributed by atoms with Crippen LogP contribution in [-0.4, -0.2) is 47.4 Å². The fourth-order valence-electron chi connectivity index (χ4n) is 9.99. The van der Waals surface area contributed by atoms with Crippen molar-refractivity contribution < 1.29 is 24.5 Å². The van der Waals surface area contributed by atoms with E-state index in [1.807, 2.05) is 0 Å². The fourth-order valence-corrected chi connectivity index (χ4v) is 9.99. The maximum atomic E-state index is 12.5. The van der Waals surface area contributed by atoms with E-state index in [0.29, 0.717) is 25.9 Å². The molecule has 0 aromatic carbocycles. The second-order valence-electron chi connectivity index (χ2n) is 21.7. The number of hydrogen-bond acceptors (Lipinski definition) is 5. The lowest BCUT2D eigenvalue weighted by molar-refractivity contribution is -0.143. The Morgan fingerprint density at radius 2 is 0.681 bits per heavy atom. The van der Waals surface area contributed by atoms with Crippen molar-refractivity contribution in [3.8, 4) is 0 Å². The molecule has 6 nitrogen and oxygen atoms in total. The zero-order valence-corrected chi connectivity index (χ0v) is 46.8. The Hall–Kier alpha value is -1.40. The zero-order valence-electron chi connectivity index (χ0n) is 46.8. The molecule has 0 fully saturated rings. The number of aliphatic hydroxyl groups excluding tert-OH is 2. The third-order valence-corrected chi connectivity index (χ3v) is 14.8. The second kappa shape index (κ2) is 59.2. The van der Waals surface area contributed by atoms with E-state index in [0.717, 1.165) is 44.9 Å². The number of unbranched alkanes of at least 4 members (excludes halogenated alkanes) is 46. The van der Waals surface area contributed by atoms with Crippen LogP contribution >= 0.6 is 0 Å². The van der Waals surface area contributed by atoms with Gasteiger partial charge in [0, 0.05) is 12.8 Å². The third kappa shape index (κ3) is 55.8. The molecule has 0 radical (unpaired) electrons. The summed E-state index contributed by atoms with van der Waals surface area (Å²) in [5.74, 6) is -0.0223. The number of allylic oxidation sites excluding steroid dienone is 2. The predicted molar refractivity (Wildman–Crippen MR) is 301 cm³/mol. The van der Waals surface area contributed by atoms with Gasteiger partial charge in [-0.05, 0) is 51.4 Å². The Morgan fingerprint density at radius 1 is 0.391 bits per heavy atom. The Labute approximate surface area is 431 Å². The first kappa shape index (κ1) is 67.6. The number of esters is 1. The van der Waals surface area contributed by atoms with Crippen LogP contribution in [0.2, 0.25) is 0 Å². The van der Waals surface area contributed by atoms with Crippen LogP contribution in [0.5, 0.6) is 0 Å². The van der Waals surface area contributed by atoms with Gasteiger partial charge in [-0.25, -0.2) is 0 Å². The average Bonchev–Trinajstić information content (AvgIpc) is 3.35. The minimum atomic E-state index is -0.661. The van der Waals surface area contributed by atoms with Crippen LogP contribution in [0, 0.1) is 0 Å². The van der Waals surface area contributed by atoms with Crippen molar-refractivity contribution in [1.29, 1.82) is 0 Å². The summed E-state index contributed by atoms with van der Waals surface area (Å²) in [5, 5.41) is 23.2. The summed E-state index contributed by atoms with van der Waals surface area (Å²) in [6.07, 6.45) is 70.9. The standard InChI is InChI=1S/C63H123NO5/c1-3-5-7-9-11-13-15-17-33-37-41-45-49-53-57-63(68)69-58-54-50-46-42-38-34-31-29-27-25-23-21-19-18-20-22-24-26-28-30-32-36-40-44-48-52-56-62(67)64-60(59-65)61(66)55-51-47-43-39-35-16-14-12-10-8-6-4-2/h15,17,60-61,65-66H,3-14,16,18-59H2,1-2H3,(H,64,67)/b17-15-. The number of aliphatic hydroxyl groups is 2. The van der Waals surface area contributed by atoms with E-state index in [-0.39, 0.29) is 18.5 Å². The molecule has 0 aromatic heterocycles. The molecule has 2 atom stereocenters. The molecule has 6 heteroatoms. The highest BCUT2D eigenvalue weighted by molar-refractivity contribution is 5.76. The lowest BCUT2D eigenvalue weighted by Gasteiger charge is -2.22. The van der Waals surface area contributed by atoms with Gasteiger partial charge >= 0.3 is 5.97 Å². The van der Waals surface area contributed by atoms with Gasteiger partial charge in [-0.2, -0.15) is 0 Å². The average molecular weight is 975 g/mol. The van der Waals surface area contributed by atoms with Crippen LogP contribution in [0.25, 0.3) is 0 Å². The van der Waals surface area contributed by atoms with Gasteiger partial charge in [0.25, 0.3) is 0 Å². The van der Waals surface area contributed by atoms with Crippen LogP contribution < -0.4 is 5.32 Å². The molecule has 0 bridgehead atoms. The summed E-state index contributed by atoms with van der Waals surface area (Å²) < 4.78 is 5.48. The Morgan fingerprint density at radius 3 is 1.03 bits per heavy atom. The molecule has 69 heavy (non-hydrogen) atoms. The van der Waals surface area contributed by atoms with E-state index in [1.54, 1.807) is 0 Å².